The van der Waals surface area contributed by atoms with Crippen LogP contribution < -0.4 is 14.8 Å². The number of rotatable bonds is 6. The van der Waals surface area contributed by atoms with Crippen molar-refractivity contribution < 1.29 is 14.3 Å². The number of nitrogens with zero attached hydrogens (tertiary/aromatic N) is 3. The molecule has 1 aliphatic rings. The lowest BCUT2D eigenvalue weighted by Crippen LogP contribution is -2.47. The van der Waals surface area contributed by atoms with Crippen LogP contribution in [0.3, 0.4) is 0 Å². The molecule has 0 radical (unpaired) electrons. The van der Waals surface area contributed by atoms with Gasteiger partial charge in [0, 0.05) is 45.1 Å². The molecule has 2 heterocycles. The number of carbonyl (C=O) groups is 1. The molecule has 3 rings (SSSR count). The summed E-state index contributed by atoms with van der Waals surface area (Å²) in [6.45, 7) is 3.89. The highest BCUT2D eigenvalue weighted by Crippen LogP contribution is 2.27. The molecule has 0 saturated carbocycles. The fraction of sp³-hybridized carbons (Fsp3) is 0.400. The van der Waals surface area contributed by atoms with Crippen molar-refractivity contribution >= 4 is 11.6 Å². The third-order valence-electron chi connectivity index (χ3n) is 4.72. The Morgan fingerprint density at radius 3 is 2.52 bits per heavy atom. The molecule has 1 saturated heterocycles. The first-order valence-electron chi connectivity index (χ1n) is 8.98. The summed E-state index contributed by atoms with van der Waals surface area (Å²) in [6, 6.07) is 7.63. The molecule has 0 unspecified atom stereocenters. The number of anilines is 1. The van der Waals surface area contributed by atoms with Crippen molar-refractivity contribution in [1.82, 2.24) is 14.8 Å². The number of hydrogen-bond acceptors (Lipinski definition) is 6. The summed E-state index contributed by atoms with van der Waals surface area (Å²) in [5, 5.41) is 3.32. The standard InChI is InChI=1S/C20H26N4O3/c1-23-6-8-24(9-7-23)20(25)16-11-17(14-21-13-16)22-12-15-4-5-18(26-2)19(10-15)27-3/h4-5,10-11,13-14,22H,6-9,12H2,1-3H3. The predicted octanol–water partition coefficient (Wildman–Crippen LogP) is 2.10. The molecule has 7 nitrogen and oxygen atoms in total. The number of methoxy groups -OCH3 is 2. The van der Waals surface area contributed by atoms with Crippen molar-refractivity contribution in [2.24, 2.45) is 0 Å². The lowest BCUT2D eigenvalue weighted by Gasteiger charge is -2.32. The van der Waals surface area contributed by atoms with Gasteiger partial charge >= 0.3 is 0 Å². The Hall–Kier alpha value is -2.80. The molecule has 1 aromatic carbocycles. The highest BCUT2D eigenvalue weighted by atomic mass is 16.5. The largest absolute Gasteiger partial charge is 0.493 e. The monoisotopic (exact) mass is 370 g/mol. The minimum Gasteiger partial charge on any atom is -0.493 e. The molecule has 1 N–H and O–H groups in total. The molecule has 7 heteroatoms. The summed E-state index contributed by atoms with van der Waals surface area (Å²) in [4.78, 5) is 21.0. The number of ether oxygens (including phenoxy) is 2. The molecule has 1 fully saturated rings. The third kappa shape index (κ3) is 4.68. The van der Waals surface area contributed by atoms with Gasteiger partial charge in [-0.3, -0.25) is 9.78 Å². The van der Waals surface area contributed by atoms with Crippen LogP contribution in [0.4, 0.5) is 5.69 Å². The number of likely N-dealkylation sites (N-methyl/N-ethyl adjacent to an activating group) is 1. The van der Waals surface area contributed by atoms with Crippen molar-refractivity contribution in [3.05, 3.63) is 47.8 Å². The number of hydrogen-bond donors (Lipinski definition) is 1. The quantitative estimate of drug-likeness (QED) is 0.840. The number of piperazine rings is 1. The molecule has 0 bridgehead atoms. The molecule has 1 amide bonds. The van der Waals surface area contributed by atoms with Gasteiger partial charge in [0.25, 0.3) is 5.91 Å². The predicted molar refractivity (Wildman–Crippen MR) is 105 cm³/mol. The van der Waals surface area contributed by atoms with E-state index in [2.05, 4.69) is 22.2 Å². The van der Waals surface area contributed by atoms with E-state index < -0.39 is 0 Å². The number of benzene rings is 1. The third-order valence-corrected chi connectivity index (χ3v) is 4.72. The van der Waals surface area contributed by atoms with E-state index in [1.165, 1.54) is 0 Å². The van der Waals surface area contributed by atoms with Gasteiger partial charge in [-0.2, -0.15) is 0 Å². The zero-order valence-corrected chi connectivity index (χ0v) is 16.1. The summed E-state index contributed by atoms with van der Waals surface area (Å²) in [7, 11) is 5.30. The van der Waals surface area contributed by atoms with Crippen LogP contribution in [0.1, 0.15) is 15.9 Å². The highest BCUT2D eigenvalue weighted by Gasteiger charge is 2.20. The van der Waals surface area contributed by atoms with Crippen LogP contribution in [0.2, 0.25) is 0 Å². The topological polar surface area (TPSA) is 66.9 Å². The van der Waals surface area contributed by atoms with Crippen LogP contribution in [-0.4, -0.2) is 68.1 Å². The molecule has 27 heavy (non-hydrogen) atoms. The van der Waals surface area contributed by atoms with Gasteiger partial charge in [0.1, 0.15) is 0 Å². The van der Waals surface area contributed by atoms with Gasteiger partial charge in [-0.05, 0) is 30.8 Å². The van der Waals surface area contributed by atoms with Gasteiger partial charge in [0.15, 0.2) is 11.5 Å². The Morgan fingerprint density at radius 1 is 1.07 bits per heavy atom. The van der Waals surface area contributed by atoms with Crippen LogP contribution in [-0.2, 0) is 6.54 Å². The number of nitrogens with one attached hydrogen (secondary N) is 1. The first-order chi connectivity index (χ1) is 13.1. The van der Waals surface area contributed by atoms with Crippen molar-refractivity contribution in [1.29, 1.82) is 0 Å². The van der Waals surface area contributed by atoms with Crippen LogP contribution >= 0.6 is 0 Å². The van der Waals surface area contributed by atoms with Crippen LogP contribution in [0.15, 0.2) is 36.7 Å². The van der Waals surface area contributed by atoms with Crippen molar-refractivity contribution in [2.75, 3.05) is 52.8 Å². The number of amides is 1. The molecule has 0 aliphatic carbocycles. The second kappa shape index (κ2) is 8.73. The van der Waals surface area contributed by atoms with E-state index in [0.717, 1.165) is 37.4 Å². The molecule has 144 valence electrons. The first kappa shape index (κ1) is 19.0. The highest BCUT2D eigenvalue weighted by molar-refractivity contribution is 5.94. The summed E-state index contributed by atoms with van der Waals surface area (Å²) in [6.07, 6.45) is 3.35. The zero-order valence-electron chi connectivity index (χ0n) is 16.1. The lowest BCUT2D eigenvalue weighted by molar-refractivity contribution is 0.0663. The average Bonchev–Trinajstić information content (AvgIpc) is 2.72. The minimum absolute atomic E-state index is 0.0327. The molecular formula is C20H26N4O3. The van der Waals surface area contributed by atoms with Gasteiger partial charge in [-0.25, -0.2) is 0 Å². The van der Waals surface area contributed by atoms with Gasteiger partial charge in [0.05, 0.1) is 25.5 Å². The molecular weight excluding hydrogens is 344 g/mol. The Labute approximate surface area is 159 Å². The van der Waals surface area contributed by atoms with Crippen LogP contribution in [0, 0.1) is 0 Å². The minimum atomic E-state index is 0.0327. The van der Waals surface area contributed by atoms with E-state index in [-0.39, 0.29) is 5.91 Å². The van der Waals surface area contributed by atoms with E-state index in [9.17, 15) is 4.79 Å². The van der Waals surface area contributed by atoms with Gasteiger partial charge in [-0.15, -0.1) is 0 Å². The lowest BCUT2D eigenvalue weighted by atomic mass is 10.2. The van der Waals surface area contributed by atoms with Crippen LogP contribution in [0.25, 0.3) is 0 Å². The van der Waals surface area contributed by atoms with Crippen molar-refractivity contribution in [3.8, 4) is 11.5 Å². The fourth-order valence-corrected chi connectivity index (χ4v) is 3.04. The Kier molecular flexibility index (Phi) is 6.13. The maximum absolute atomic E-state index is 12.7. The SMILES string of the molecule is COc1ccc(CNc2cncc(C(=O)N3CCN(C)CC3)c2)cc1OC. The maximum Gasteiger partial charge on any atom is 0.255 e. The molecule has 1 aliphatic heterocycles. The van der Waals surface area contributed by atoms with Crippen molar-refractivity contribution in [2.45, 2.75) is 6.54 Å². The van der Waals surface area contributed by atoms with Gasteiger partial charge < -0.3 is 24.6 Å². The summed E-state index contributed by atoms with van der Waals surface area (Å²) >= 11 is 0. The van der Waals surface area contributed by atoms with E-state index in [1.54, 1.807) is 26.6 Å². The summed E-state index contributed by atoms with van der Waals surface area (Å²) in [5.41, 5.74) is 2.46. The first-order valence-corrected chi connectivity index (χ1v) is 8.98. The zero-order chi connectivity index (χ0) is 19.2. The maximum atomic E-state index is 12.7. The van der Waals surface area contributed by atoms with E-state index in [1.807, 2.05) is 29.2 Å². The number of carbonyl (C=O) groups excluding carboxylic acids is 1. The van der Waals surface area contributed by atoms with E-state index in [4.69, 9.17) is 9.47 Å². The van der Waals surface area contributed by atoms with Crippen LogP contribution in [0.5, 0.6) is 11.5 Å². The number of aromatic nitrogens is 1. The molecule has 0 spiro atoms. The molecule has 1 aromatic heterocycles. The second-order valence-corrected chi connectivity index (χ2v) is 6.60. The smallest absolute Gasteiger partial charge is 0.255 e. The van der Waals surface area contributed by atoms with Crippen molar-refractivity contribution in [3.63, 3.8) is 0 Å². The van der Waals surface area contributed by atoms with Gasteiger partial charge in [0.2, 0.25) is 0 Å². The Bertz CT molecular complexity index is 789. The van der Waals surface area contributed by atoms with Gasteiger partial charge in [-0.1, -0.05) is 6.07 Å². The molecule has 0 atom stereocenters. The normalized spacial score (nSPS) is 14.7. The average molecular weight is 370 g/mol. The molecule has 2 aromatic rings. The van der Waals surface area contributed by atoms with E-state index >= 15 is 0 Å². The second-order valence-electron chi connectivity index (χ2n) is 6.60. The summed E-state index contributed by atoms with van der Waals surface area (Å²) < 4.78 is 10.6. The fourth-order valence-electron chi connectivity index (χ4n) is 3.04. The summed E-state index contributed by atoms with van der Waals surface area (Å²) in [5.74, 6) is 1.42. The Morgan fingerprint density at radius 2 is 1.81 bits per heavy atom. The number of pyridine rings is 1. The Balaban J connectivity index is 1.65. The van der Waals surface area contributed by atoms with E-state index in [0.29, 0.717) is 23.6 Å².